The Hall–Kier alpha value is -3.22. The van der Waals surface area contributed by atoms with Gasteiger partial charge in [0.2, 0.25) is 0 Å². The molecular formula is C22H24FN5O. The molecule has 6 nitrogen and oxygen atoms in total. The number of aromatic nitrogens is 3. The molecular weight excluding hydrogens is 369 g/mol. The van der Waals surface area contributed by atoms with E-state index in [1.54, 1.807) is 18.3 Å². The van der Waals surface area contributed by atoms with Gasteiger partial charge in [-0.15, -0.1) is 0 Å². The van der Waals surface area contributed by atoms with Crippen molar-refractivity contribution in [1.29, 1.82) is 0 Å². The molecule has 4 rings (SSSR count). The molecule has 2 heterocycles. The van der Waals surface area contributed by atoms with Gasteiger partial charge in [-0.2, -0.15) is 5.10 Å². The van der Waals surface area contributed by atoms with Gasteiger partial charge in [0.05, 0.1) is 12.2 Å². The number of nitrogens with zero attached hydrogens (tertiary/aromatic N) is 3. The summed E-state index contributed by atoms with van der Waals surface area (Å²) in [4.78, 5) is 16.5. The van der Waals surface area contributed by atoms with Crippen LogP contribution in [0.4, 0.5) is 9.18 Å². The molecule has 29 heavy (non-hydrogen) atoms. The number of carbonyl (C=O) groups is 1. The SMILES string of the molecule is O=C(NCCn1nc(-c2ccccn2)c2c1CCCC2)NCc1ccc(F)cc1. The number of nitrogens with one attached hydrogen (secondary N) is 2. The molecule has 0 spiro atoms. The van der Waals surface area contributed by atoms with E-state index in [0.717, 1.165) is 36.2 Å². The van der Waals surface area contributed by atoms with Gasteiger partial charge in [0.25, 0.3) is 0 Å². The van der Waals surface area contributed by atoms with Gasteiger partial charge in [0, 0.05) is 30.5 Å². The summed E-state index contributed by atoms with van der Waals surface area (Å²) in [6.07, 6.45) is 6.14. The Kier molecular flexibility index (Phi) is 5.84. The molecule has 0 radical (unpaired) electrons. The fourth-order valence-electron chi connectivity index (χ4n) is 3.69. The van der Waals surface area contributed by atoms with E-state index < -0.39 is 0 Å². The Balaban J connectivity index is 1.35. The van der Waals surface area contributed by atoms with E-state index in [0.29, 0.717) is 19.6 Å². The molecule has 7 heteroatoms. The number of hydrogen-bond donors (Lipinski definition) is 2. The minimum Gasteiger partial charge on any atom is -0.336 e. The molecule has 1 aromatic carbocycles. The number of halogens is 1. The summed E-state index contributed by atoms with van der Waals surface area (Å²) < 4.78 is 14.9. The molecule has 2 aromatic heterocycles. The lowest BCUT2D eigenvalue weighted by molar-refractivity contribution is 0.240. The number of urea groups is 1. The maximum absolute atomic E-state index is 12.9. The van der Waals surface area contributed by atoms with Gasteiger partial charge in [-0.25, -0.2) is 9.18 Å². The van der Waals surface area contributed by atoms with Gasteiger partial charge in [-0.05, 0) is 55.5 Å². The van der Waals surface area contributed by atoms with Crippen molar-refractivity contribution in [2.24, 2.45) is 0 Å². The summed E-state index contributed by atoms with van der Waals surface area (Å²) in [5.74, 6) is -0.286. The summed E-state index contributed by atoms with van der Waals surface area (Å²) >= 11 is 0. The zero-order chi connectivity index (χ0) is 20.1. The molecule has 2 N–H and O–H groups in total. The van der Waals surface area contributed by atoms with Gasteiger partial charge in [-0.3, -0.25) is 9.67 Å². The first-order chi connectivity index (χ1) is 14.2. The third-order valence-corrected chi connectivity index (χ3v) is 5.14. The average molecular weight is 393 g/mol. The summed E-state index contributed by atoms with van der Waals surface area (Å²) in [5, 5.41) is 10.5. The standard InChI is InChI=1S/C22H24FN5O/c23-17-10-8-16(9-11-17)15-26-22(29)25-13-14-28-20-7-2-1-5-18(20)21(27-28)19-6-3-4-12-24-19/h3-4,6,8-12H,1-2,5,7,13-15H2,(H2,25,26,29). The fourth-order valence-corrected chi connectivity index (χ4v) is 3.69. The maximum Gasteiger partial charge on any atom is 0.315 e. The topological polar surface area (TPSA) is 71.8 Å². The molecule has 0 unspecified atom stereocenters. The fraction of sp³-hybridized carbons (Fsp3) is 0.318. The van der Waals surface area contributed by atoms with Crippen LogP contribution in [0.5, 0.6) is 0 Å². The van der Waals surface area contributed by atoms with E-state index in [2.05, 4.69) is 15.6 Å². The number of rotatable bonds is 6. The average Bonchev–Trinajstić information content (AvgIpc) is 3.13. The van der Waals surface area contributed by atoms with Gasteiger partial charge in [-0.1, -0.05) is 18.2 Å². The molecule has 1 aliphatic rings. The van der Waals surface area contributed by atoms with Crippen molar-refractivity contribution in [3.05, 3.63) is 71.3 Å². The molecule has 0 atom stereocenters. The van der Waals surface area contributed by atoms with Crippen LogP contribution in [0, 0.1) is 5.82 Å². The highest BCUT2D eigenvalue weighted by Gasteiger charge is 2.22. The molecule has 0 fully saturated rings. The Labute approximate surface area is 169 Å². The number of amides is 2. The quantitative estimate of drug-likeness (QED) is 0.674. The highest BCUT2D eigenvalue weighted by atomic mass is 19.1. The first-order valence-electron chi connectivity index (χ1n) is 9.97. The zero-order valence-corrected chi connectivity index (χ0v) is 16.2. The van der Waals surface area contributed by atoms with Crippen molar-refractivity contribution >= 4 is 6.03 Å². The van der Waals surface area contributed by atoms with Crippen LogP contribution >= 0.6 is 0 Å². The van der Waals surface area contributed by atoms with Crippen molar-refractivity contribution in [2.75, 3.05) is 6.54 Å². The van der Waals surface area contributed by atoms with Gasteiger partial charge >= 0.3 is 6.03 Å². The molecule has 0 bridgehead atoms. The lowest BCUT2D eigenvalue weighted by Crippen LogP contribution is -2.37. The van der Waals surface area contributed by atoms with Crippen LogP contribution in [0.1, 0.15) is 29.7 Å². The van der Waals surface area contributed by atoms with Crippen LogP contribution in [-0.2, 0) is 25.9 Å². The van der Waals surface area contributed by atoms with Gasteiger partial charge in [0.15, 0.2) is 0 Å². The third kappa shape index (κ3) is 4.62. The van der Waals surface area contributed by atoms with E-state index in [1.807, 2.05) is 22.9 Å². The van der Waals surface area contributed by atoms with Crippen molar-refractivity contribution in [2.45, 2.75) is 38.8 Å². The van der Waals surface area contributed by atoms with E-state index in [9.17, 15) is 9.18 Å². The molecule has 0 aliphatic heterocycles. The van der Waals surface area contributed by atoms with Gasteiger partial charge < -0.3 is 10.6 Å². The first kappa shape index (κ1) is 19.1. The predicted octanol–water partition coefficient (Wildman–Crippen LogP) is 3.46. The highest BCUT2D eigenvalue weighted by Crippen LogP contribution is 2.30. The Morgan fingerprint density at radius 1 is 1.07 bits per heavy atom. The molecule has 0 saturated carbocycles. The minimum atomic E-state index is -0.286. The van der Waals surface area contributed by atoms with Crippen LogP contribution in [0.25, 0.3) is 11.4 Å². The zero-order valence-electron chi connectivity index (χ0n) is 16.2. The molecule has 0 saturated heterocycles. The highest BCUT2D eigenvalue weighted by molar-refractivity contribution is 5.73. The maximum atomic E-state index is 12.9. The lowest BCUT2D eigenvalue weighted by Gasteiger charge is -2.14. The lowest BCUT2D eigenvalue weighted by atomic mass is 9.95. The number of carbonyl (C=O) groups excluding carboxylic acids is 1. The summed E-state index contributed by atoms with van der Waals surface area (Å²) in [6, 6.07) is 11.7. The van der Waals surface area contributed by atoms with E-state index in [1.165, 1.54) is 29.8 Å². The third-order valence-electron chi connectivity index (χ3n) is 5.14. The van der Waals surface area contributed by atoms with Crippen LogP contribution in [0.15, 0.2) is 48.7 Å². The molecule has 150 valence electrons. The van der Waals surface area contributed by atoms with E-state index >= 15 is 0 Å². The summed E-state index contributed by atoms with van der Waals surface area (Å²) in [7, 11) is 0. The number of fused-ring (bicyclic) bond motifs is 1. The number of hydrogen-bond acceptors (Lipinski definition) is 3. The van der Waals surface area contributed by atoms with Crippen LogP contribution < -0.4 is 10.6 Å². The van der Waals surface area contributed by atoms with E-state index in [-0.39, 0.29) is 11.8 Å². The minimum absolute atomic E-state index is 0.250. The first-order valence-corrected chi connectivity index (χ1v) is 9.97. The predicted molar refractivity (Wildman–Crippen MR) is 109 cm³/mol. The normalized spacial score (nSPS) is 13.0. The van der Waals surface area contributed by atoms with Crippen LogP contribution in [0.2, 0.25) is 0 Å². The number of pyridine rings is 1. The van der Waals surface area contributed by atoms with Crippen molar-refractivity contribution in [3.8, 4) is 11.4 Å². The Bertz CT molecular complexity index is 969. The van der Waals surface area contributed by atoms with Crippen LogP contribution in [0.3, 0.4) is 0 Å². The molecule has 2 amide bonds. The molecule has 1 aliphatic carbocycles. The Morgan fingerprint density at radius 3 is 2.69 bits per heavy atom. The Morgan fingerprint density at radius 2 is 1.90 bits per heavy atom. The van der Waals surface area contributed by atoms with Crippen molar-refractivity contribution < 1.29 is 9.18 Å². The van der Waals surface area contributed by atoms with Crippen molar-refractivity contribution in [3.63, 3.8) is 0 Å². The smallest absolute Gasteiger partial charge is 0.315 e. The largest absolute Gasteiger partial charge is 0.336 e. The second-order valence-electron chi connectivity index (χ2n) is 7.16. The van der Waals surface area contributed by atoms with Gasteiger partial charge in [0.1, 0.15) is 11.5 Å². The van der Waals surface area contributed by atoms with E-state index in [4.69, 9.17) is 5.10 Å². The molecule has 3 aromatic rings. The number of benzene rings is 1. The second kappa shape index (κ2) is 8.86. The second-order valence-corrected chi connectivity index (χ2v) is 7.16. The van der Waals surface area contributed by atoms with Crippen LogP contribution in [-0.4, -0.2) is 27.3 Å². The van der Waals surface area contributed by atoms with Crippen molar-refractivity contribution in [1.82, 2.24) is 25.4 Å². The summed E-state index contributed by atoms with van der Waals surface area (Å²) in [5.41, 5.74) is 5.25. The monoisotopic (exact) mass is 393 g/mol. The summed E-state index contributed by atoms with van der Waals surface area (Å²) in [6.45, 7) is 1.44.